The van der Waals surface area contributed by atoms with Crippen molar-refractivity contribution in [3.05, 3.63) is 58.6 Å². The third-order valence-corrected chi connectivity index (χ3v) is 9.34. The van der Waals surface area contributed by atoms with E-state index in [-0.39, 0.29) is 11.4 Å². The number of thiazole rings is 1. The first-order chi connectivity index (χ1) is 15.8. The number of aryl methyl sites for hydroxylation is 2. The molecule has 0 N–H and O–H groups in total. The second-order valence-corrected chi connectivity index (χ2v) is 11.7. The molecule has 0 bridgehead atoms. The maximum absolute atomic E-state index is 13.3. The van der Waals surface area contributed by atoms with Crippen LogP contribution in [0, 0.1) is 5.82 Å². The molecule has 1 unspecified atom stereocenters. The van der Waals surface area contributed by atoms with Gasteiger partial charge in [-0.15, -0.1) is 0 Å². The van der Waals surface area contributed by atoms with Crippen molar-refractivity contribution in [3.8, 4) is 0 Å². The Labute approximate surface area is 201 Å². The summed E-state index contributed by atoms with van der Waals surface area (Å²) in [4.78, 5) is 18.2. The zero-order chi connectivity index (χ0) is 23.6. The Morgan fingerprint density at radius 1 is 1.24 bits per heavy atom. The number of rotatable bonds is 7. The van der Waals surface area contributed by atoms with Crippen molar-refractivity contribution < 1.29 is 17.6 Å². The van der Waals surface area contributed by atoms with Gasteiger partial charge < -0.3 is 4.57 Å². The normalized spacial score (nSPS) is 17.8. The zero-order valence-electron chi connectivity index (χ0n) is 18.5. The molecule has 33 heavy (non-hydrogen) atoms. The third kappa shape index (κ3) is 4.94. The summed E-state index contributed by atoms with van der Waals surface area (Å²) in [6.07, 6.45) is 3.94. The molecule has 0 aliphatic carbocycles. The number of nitrogens with zero attached hydrogens (tertiary/aromatic N) is 3. The number of amides is 1. The van der Waals surface area contributed by atoms with Crippen LogP contribution in [0.3, 0.4) is 0 Å². The minimum atomic E-state index is -3.92. The van der Waals surface area contributed by atoms with Crippen molar-refractivity contribution in [3.63, 3.8) is 0 Å². The van der Waals surface area contributed by atoms with Crippen molar-refractivity contribution in [1.82, 2.24) is 8.87 Å². The van der Waals surface area contributed by atoms with E-state index in [1.165, 1.54) is 33.3 Å². The Hall–Kier alpha value is -2.01. The van der Waals surface area contributed by atoms with Gasteiger partial charge in [-0.25, -0.2) is 12.8 Å². The number of hydrogen-bond donors (Lipinski definition) is 0. The average Bonchev–Trinajstić information content (AvgIpc) is 3.43. The maximum atomic E-state index is 13.3. The lowest BCUT2D eigenvalue weighted by Crippen LogP contribution is -2.40. The number of carbonyl (C=O) groups is 1. The maximum Gasteiger partial charge on any atom is 0.266 e. The van der Waals surface area contributed by atoms with E-state index < -0.39 is 27.8 Å². The van der Waals surface area contributed by atoms with Crippen LogP contribution in [0.5, 0.6) is 0 Å². The molecule has 1 aliphatic heterocycles. The van der Waals surface area contributed by atoms with E-state index in [2.05, 4.69) is 30.1 Å². The van der Waals surface area contributed by atoms with Gasteiger partial charge in [0.25, 0.3) is 5.91 Å². The number of benzene rings is 2. The molecule has 176 valence electrons. The Bertz CT molecular complexity index is 1330. The second-order valence-electron chi connectivity index (χ2n) is 7.86. The molecule has 10 heteroatoms. The summed E-state index contributed by atoms with van der Waals surface area (Å²) in [5, 5.41) is 0. The Morgan fingerprint density at radius 2 is 2.00 bits per heavy atom. The van der Waals surface area contributed by atoms with Gasteiger partial charge in [-0.2, -0.15) is 21.1 Å². The van der Waals surface area contributed by atoms with Gasteiger partial charge in [0.2, 0.25) is 10.0 Å². The van der Waals surface area contributed by atoms with Crippen LogP contribution in [0.4, 0.5) is 4.39 Å². The molecular weight excluding hydrogens is 481 g/mol. The highest BCUT2D eigenvalue weighted by Crippen LogP contribution is 2.27. The first kappa shape index (κ1) is 24.1. The minimum absolute atomic E-state index is 0.0207. The molecule has 0 spiro atoms. The molecule has 4 rings (SSSR count). The highest BCUT2D eigenvalue weighted by atomic mass is 32.2. The van der Waals surface area contributed by atoms with E-state index in [9.17, 15) is 17.6 Å². The summed E-state index contributed by atoms with van der Waals surface area (Å²) in [5.74, 6) is -0.0980. The standard InChI is InChI=1S/C23H26FN3O3S3/c1-3-16-6-11-19-21(15-16)32-23(26(19)13-14-31-2)25-22(28)20-5-4-12-27(20)33(29,30)18-9-7-17(24)8-10-18/h6-11,15,20H,3-5,12-14H2,1-2H3. The average molecular weight is 508 g/mol. The smallest absolute Gasteiger partial charge is 0.266 e. The number of hydrogen-bond acceptors (Lipinski definition) is 5. The summed E-state index contributed by atoms with van der Waals surface area (Å²) < 4.78 is 43.9. The molecule has 2 heterocycles. The van der Waals surface area contributed by atoms with Gasteiger partial charge in [0.05, 0.1) is 15.1 Å². The lowest BCUT2D eigenvalue weighted by Gasteiger charge is -2.21. The van der Waals surface area contributed by atoms with E-state index in [1.54, 1.807) is 11.8 Å². The number of fused-ring (bicyclic) bond motifs is 1. The SMILES string of the molecule is CCc1ccc2c(c1)sc(=NC(=O)C1CCCN1S(=O)(=O)c1ccc(F)cc1)n2CCSC. The van der Waals surface area contributed by atoms with Crippen LogP contribution in [0.15, 0.2) is 52.4 Å². The van der Waals surface area contributed by atoms with E-state index in [4.69, 9.17) is 0 Å². The summed E-state index contributed by atoms with van der Waals surface area (Å²) >= 11 is 3.17. The van der Waals surface area contributed by atoms with Crippen LogP contribution in [0.2, 0.25) is 0 Å². The molecule has 1 fully saturated rings. The molecule has 2 aromatic carbocycles. The van der Waals surface area contributed by atoms with Crippen molar-refractivity contribution in [1.29, 1.82) is 0 Å². The molecule has 0 radical (unpaired) electrons. The van der Waals surface area contributed by atoms with Gasteiger partial charge in [0, 0.05) is 18.8 Å². The fraction of sp³-hybridized carbons (Fsp3) is 0.391. The first-order valence-electron chi connectivity index (χ1n) is 10.8. The monoisotopic (exact) mass is 507 g/mol. The molecule has 3 aromatic rings. The van der Waals surface area contributed by atoms with Gasteiger partial charge in [-0.3, -0.25) is 4.79 Å². The summed E-state index contributed by atoms with van der Waals surface area (Å²) in [5.41, 5.74) is 2.24. The van der Waals surface area contributed by atoms with Gasteiger partial charge in [-0.05, 0) is 67.5 Å². The van der Waals surface area contributed by atoms with Crippen LogP contribution in [0.1, 0.15) is 25.3 Å². The second kappa shape index (κ2) is 10.1. The van der Waals surface area contributed by atoms with E-state index in [0.717, 1.165) is 34.5 Å². The molecule has 6 nitrogen and oxygen atoms in total. The van der Waals surface area contributed by atoms with Crippen LogP contribution in [0.25, 0.3) is 10.2 Å². The van der Waals surface area contributed by atoms with Gasteiger partial charge in [-0.1, -0.05) is 24.3 Å². The first-order valence-corrected chi connectivity index (χ1v) is 14.5. The van der Waals surface area contributed by atoms with Gasteiger partial charge in [0.1, 0.15) is 11.9 Å². The largest absolute Gasteiger partial charge is 0.316 e. The zero-order valence-corrected chi connectivity index (χ0v) is 21.0. The van der Waals surface area contributed by atoms with Crippen LogP contribution < -0.4 is 4.80 Å². The molecule has 1 amide bonds. The van der Waals surface area contributed by atoms with Gasteiger partial charge in [0.15, 0.2) is 4.80 Å². The van der Waals surface area contributed by atoms with Crippen LogP contribution >= 0.6 is 23.1 Å². The topological polar surface area (TPSA) is 71.7 Å². The lowest BCUT2D eigenvalue weighted by molar-refractivity contribution is -0.121. The molecule has 1 aliphatic rings. The van der Waals surface area contributed by atoms with Crippen LogP contribution in [-0.2, 0) is 27.8 Å². The predicted octanol–water partition coefficient (Wildman–Crippen LogP) is 4.05. The number of carbonyl (C=O) groups excluding carboxylic acids is 1. The quantitative estimate of drug-likeness (QED) is 0.484. The summed E-state index contributed by atoms with van der Waals surface area (Å²) in [6, 6.07) is 10.1. The third-order valence-electron chi connectivity index (χ3n) is 5.79. The number of aromatic nitrogens is 1. The minimum Gasteiger partial charge on any atom is -0.316 e. The fourth-order valence-electron chi connectivity index (χ4n) is 4.01. The molecule has 0 saturated carbocycles. The molecule has 1 atom stereocenters. The van der Waals surface area contributed by atoms with Crippen molar-refractivity contribution in [2.75, 3.05) is 18.6 Å². The molecular formula is C23H26FN3O3S3. The number of thioether (sulfide) groups is 1. The fourth-order valence-corrected chi connectivity index (χ4v) is 7.15. The highest BCUT2D eigenvalue weighted by molar-refractivity contribution is 7.98. The van der Waals surface area contributed by atoms with Crippen LogP contribution in [-0.4, -0.2) is 47.8 Å². The molecule has 1 saturated heterocycles. The van der Waals surface area contributed by atoms with Crippen molar-refractivity contribution in [2.45, 2.75) is 43.7 Å². The van der Waals surface area contributed by atoms with E-state index in [0.29, 0.717) is 24.2 Å². The highest BCUT2D eigenvalue weighted by Gasteiger charge is 2.39. The van der Waals surface area contributed by atoms with Gasteiger partial charge >= 0.3 is 0 Å². The molecule has 1 aromatic heterocycles. The van der Waals surface area contributed by atoms with Crippen molar-refractivity contribution in [2.24, 2.45) is 4.99 Å². The Balaban J connectivity index is 1.71. The van der Waals surface area contributed by atoms with E-state index >= 15 is 0 Å². The Morgan fingerprint density at radius 3 is 2.70 bits per heavy atom. The number of halogens is 1. The Kier molecular flexibility index (Phi) is 7.37. The van der Waals surface area contributed by atoms with Crippen molar-refractivity contribution >= 4 is 49.2 Å². The summed E-state index contributed by atoms with van der Waals surface area (Å²) in [7, 11) is -3.92. The summed E-state index contributed by atoms with van der Waals surface area (Å²) in [6.45, 7) is 3.05. The lowest BCUT2D eigenvalue weighted by atomic mass is 10.2. The van der Waals surface area contributed by atoms with E-state index in [1.807, 2.05) is 10.8 Å². The predicted molar refractivity (Wildman–Crippen MR) is 131 cm³/mol. The number of sulfonamides is 1.